The summed E-state index contributed by atoms with van der Waals surface area (Å²) >= 11 is 0. The maximum atomic E-state index is 12.0. The van der Waals surface area contributed by atoms with E-state index in [9.17, 15) is 8.42 Å². The standard InChI is InChI=1S/C9H16N4O2S/c10-8-6-11-12-9(8)13-16(14,15)7-4-2-1-3-5-7/h6-7H,1-5,10H2,(H2,11,12,13). The molecular formula is C9H16N4O2S. The summed E-state index contributed by atoms with van der Waals surface area (Å²) in [6.45, 7) is 0. The number of sulfonamides is 1. The maximum absolute atomic E-state index is 12.0. The number of rotatable bonds is 3. The molecule has 1 aromatic heterocycles. The smallest absolute Gasteiger partial charge is 0.236 e. The molecule has 90 valence electrons. The summed E-state index contributed by atoms with van der Waals surface area (Å²) < 4.78 is 26.4. The molecule has 0 aliphatic heterocycles. The van der Waals surface area contributed by atoms with Gasteiger partial charge in [0.15, 0.2) is 5.82 Å². The molecule has 0 radical (unpaired) electrons. The Morgan fingerprint density at radius 1 is 1.38 bits per heavy atom. The molecule has 6 nitrogen and oxygen atoms in total. The van der Waals surface area contributed by atoms with Gasteiger partial charge in [0.2, 0.25) is 10.0 Å². The molecule has 1 saturated carbocycles. The third kappa shape index (κ3) is 2.29. The minimum Gasteiger partial charge on any atom is -0.394 e. The number of H-pyrrole nitrogens is 1. The van der Waals surface area contributed by atoms with Gasteiger partial charge in [0, 0.05) is 0 Å². The number of anilines is 2. The summed E-state index contributed by atoms with van der Waals surface area (Å²) in [4.78, 5) is 0. The lowest BCUT2D eigenvalue weighted by atomic mass is 10.0. The fourth-order valence-electron chi connectivity index (χ4n) is 1.98. The predicted molar refractivity (Wildman–Crippen MR) is 62.4 cm³/mol. The van der Waals surface area contributed by atoms with Crippen molar-refractivity contribution in [2.45, 2.75) is 37.4 Å². The van der Waals surface area contributed by atoms with Crippen molar-refractivity contribution in [3.63, 3.8) is 0 Å². The molecule has 0 saturated heterocycles. The Hall–Kier alpha value is -1.24. The third-order valence-corrected chi connectivity index (χ3v) is 4.74. The van der Waals surface area contributed by atoms with Gasteiger partial charge < -0.3 is 5.73 Å². The molecule has 1 fully saturated rings. The van der Waals surface area contributed by atoms with Gasteiger partial charge in [-0.1, -0.05) is 19.3 Å². The number of hydrogen-bond acceptors (Lipinski definition) is 4. The third-order valence-electron chi connectivity index (χ3n) is 2.90. The maximum Gasteiger partial charge on any atom is 0.236 e. The highest BCUT2D eigenvalue weighted by Crippen LogP contribution is 2.25. The van der Waals surface area contributed by atoms with Crippen molar-refractivity contribution in [2.24, 2.45) is 0 Å². The molecular weight excluding hydrogens is 228 g/mol. The van der Waals surface area contributed by atoms with Crippen molar-refractivity contribution in [3.8, 4) is 0 Å². The van der Waals surface area contributed by atoms with E-state index in [1.165, 1.54) is 6.20 Å². The average molecular weight is 244 g/mol. The zero-order valence-electron chi connectivity index (χ0n) is 8.94. The molecule has 1 heterocycles. The lowest BCUT2D eigenvalue weighted by molar-refractivity contribution is 0.486. The largest absolute Gasteiger partial charge is 0.394 e. The second-order valence-corrected chi connectivity index (χ2v) is 6.07. The van der Waals surface area contributed by atoms with Crippen LogP contribution >= 0.6 is 0 Å². The highest BCUT2D eigenvalue weighted by molar-refractivity contribution is 7.93. The fourth-order valence-corrected chi connectivity index (χ4v) is 3.55. The quantitative estimate of drug-likeness (QED) is 0.740. The number of nitrogens with two attached hydrogens (primary N) is 1. The fraction of sp³-hybridized carbons (Fsp3) is 0.667. The van der Waals surface area contributed by atoms with E-state index in [-0.39, 0.29) is 11.1 Å². The molecule has 2 rings (SSSR count). The van der Waals surface area contributed by atoms with E-state index >= 15 is 0 Å². The van der Waals surface area contributed by atoms with Crippen LogP contribution in [0.4, 0.5) is 11.5 Å². The van der Waals surface area contributed by atoms with Gasteiger partial charge >= 0.3 is 0 Å². The first-order chi connectivity index (χ1) is 7.59. The average Bonchev–Trinajstić information content (AvgIpc) is 2.65. The number of nitrogens with one attached hydrogen (secondary N) is 2. The number of nitrogens with zero attached hydrogens (tertiary/aromatic N) is 1. The zero-order chi connectivity index (χ0) is 11.6. The van der Waals surface area contributed by atoms with Crippen LogP contribution in [0, 0.1) is 0 Å². The topological polar surface area (TPSA) is 101 Å². The second-order valence-electron chi connectivity index (χ2n) is 4.11. The summed E-state index contributed by atoms with van der Waals surface area (Å²) in [6.07, 6.45) is 5.91. The van der Waals surface area contributed by atoms with Crippen molar-refractivity contribution in [3.05, 3.63) is 6.20 Å². The Balaban J connectivity index is 2.10. The molecule has 1 aliphatic rings. The van der Waals surface area contributed by atoms with Gasteiger partial charge in [-0.15, -0.1) is 0 Å². The van der Waals surface area contributed by atoms with Gasteiger partial charge in [0.05, 0.1) is 17.1 Å². The zero-order valence-corrected chi connectivity index (χ0v) is 9.76. The van der Waals surface area contributed by atoms with Crippen LogP contribution in [0.2, 0.25) is 0 Å². The predicted octanol–water partition coefficient (Wildman–Crippen LogP) is 1.07. The summed E-state index contributed by atoms with van der Waals surface area (Å²) in [6, 6.07) is 0. The minimum atomic E-state index is -3.33. The van der Waals surface area contributed by atoms with E-state index in [0.29, 0.717) is 5.69 Å². The van der Waals surface area contributed by atoms with Crippen LogP contribution < -0.4 is 10.5 Å². The van der Waals surface area contributed by atoms with Crippen molar-refractivity contribution < 1.29 is 8.42 Å². The van der Waals surface area contributed by atoms with Crippen LogP contribution in [-0.2, 0) is 10.0 Å². The monoisotopic (exact) mass is 244 g/mol. The van der Waals surface area contributed by atoms with Gasteiger partial charge in [-0.3, -0.25) is 9.82 Å². The van der Waals surface area contributed by atoms with Gasteiger partial charge in [0.1, 0.15) is 0 Å². The van der Waals surface area contributed by atoms with Crippen molar-refractivity contribution >= 4 is 21.5 Å². The molecule has 4 N–H and O–H groups in total. The van der Waals surface area contributed by atoms with Gasteiger partial charge in [-0.25, -0.2) is 8.42 Å². The molecule has 0 bridgehead atoms. The Morgan fingerprint density at radius 3 is 2.62 bits per heavy atom. The summed E-state index contributed by atoms with van der Waals surface area (Å²) in [5, 5.41) is 5.91. The van der Waals surface area contributed by atoms with Crippen LogP contribution in [0.25, 0.3) is 0 Å². The summed E-state index contributed by atoms with van der Waals surface area (Å²) in [7, 11) is -3.33. The second kappa shape index (κ2) is 4.32. The van der Waals surface area contributed by atoms with Crippen molar-refractivity contribution in [1.82, 2.24) is 10.2 Å². The normalized spacial score (nSPS) is 18.5. The van der Waals surface area contributed by atoms with Gasteiger partial charge in [-0.2, -0.15) is 5.10 Å². The minimum absolute atomic E-state index is 0.269. The number of aromatic amines is 1. The Bertz CT molecular complexity index is 448. The number of nitrogen functional groups attached to an aromatic ring is 1. The van der Waals surface area contributed by atoms with E-state index in [1.54, 1.807) is 0 Å². The molecule has 0 spiro atoms. The Labute approximate surface area is 94.7 Å². The Kier molecular flexibility index (Phi) is 3.04. The van der Waals surface area contributed by atoms with Crippen LogP contribution in [0.15, 0.2) is 6.20 Å². The molecule has 0 amide bonds. The van der Waals surface area contributed by atoms with E-state index in [4.69, 9.17) is 5.73 Å². The highest BCUT2D eigenvalue weighted by Gasteiger charge is 2.27. The highest BCUT2D eigenvalue weighted by atomic mass is 32.2. The number of aromatic nitrogens is 2. The van der Waals surface area contributed by atoms with E-state index in [2.05, 4.69) is 14.9 Å². The Morgan fingerprint density at radius 2 is 2.06 bits per heavy atom. The van der Waals surface area contributed by atoms with E-state index < -0.39 is 10.0 Å². The van der Waals surface area contributed by atoms with Crippen molar-refractivity contribution in [2.75, 3.05) is 10.5 Å². The molecule has 1 aromatic rings. The molecule has 0 atom stereocenters. The number of hydrogen-bond donors (Lipinski definition) is 3. The first kappa shape index (κ1) is 11.3. The molecule has 16 heavy (non-hydrogen) atoms. The summed E-state index contributed by atoms with van der Waals surface area (Å²) in [5.41, 5.74) is 5.88. The van der Waals surface area contributed by atoms with Gasteiger partial charge in [-0.05, 0) is 12.8 Å². The molecule has 1 aliphatic carbocycles. The van der Waals surface area contributed by atoms with Crippen molar-refractivity contribution in [1.29, 1.82) is 0 Å². The first-order valence-electron chi connectivity index (χ1n) is 5.40. The lowest BCUT2D eigenvalue weighted by Gasteiger charge is -2.21. The lowest BCUT2D eigenvalue weighted by Crippen LogP contribution is -2.30. The van der Waals surface area contributed by atoms with E-state index in [0.717, 1.165) is 32.1 Å². The molecule has 7 heteroatoms. The molecule has 0 unspecified atom stereocenters. The van der Waals surface area contributed by atoms with Crippen LogP contribution in [-0.4, -0.2) is 23.9 Å². The van der Waals surface area contributed by atoms with Crippen LogP contribution in [0.3, 0.4) is 0 Å². The summed E-state index contributed by atoms with van der Waals surface area (Å²) in [5.74, 6) is 0.269. The van der Waals surface area contributed by atoms with Gasteiger partial charge in [0.25, 0.3) is 0 Å². The van der Waals surface area contributed by atoms with Crippen LogP contribution in [0.1, 0.15) is 32.1 Å². The first-order valence-corrected chi connectivity index (χ1v) is 6.95. The van der Waals surface area contributed by atoms with E-state index in [1.807, 2.05) is 0 Å². The molecule has 0 aromatic carbocycles. The van der Waals surface area contributed by atoms with Crippen LogP contribution in [0.5, 0.6) is 0 Å². The SMILES string of the molecule is Nc1cn[nH]c1NS(=O)(=O)C1CCCCC1.